The summed E-state index contributed by atoms with van der Waals surface area (Å²) in [6.45, 7) is 1.94. The molecular formula is C52H92NO24P. The summed E-state index contributed by atoms with van der Waals surface area (Å²) >= 11 is 0. The van der Waals surface area contributed by atoms with Gasteiger partial charge in [-0.15, -0.1) is 0 Å². The Morgan fingerprint density at radius 1 is 0.526 bits per heavy atom. The molecule has 25 nitrogen and oxygen atoms in total. The molecule has 454 valence electrons. The molecule has 0 heterocycles. The summed E-state index contributed by atoms with van der Waals surface area (Å²) in [7, 11) is -3.54. The van der Waals surface area contributed by atoms with Gasteiger partial charge in [0.1, 0.15) is 32.3 Å². The third-order valence-electron chi connectivity index (χ3n) is 15.4. The average molecular weight is 1150 g/mol. The number of ketones is 4. The molecule has 3 aliphatic carbocycles. The molecule has 16 atom stereocenters. The summed E-state index contributed by atoms with van der Waals surface area (Å²) in [5, 5.41) is 93.0. The van der Waals surface area contributed by atoms with Crippen molar-refractivity contribution in [1.29, 1.82) is 0 Å². The number of hydrogen-bond acceptors (Lipinski definition) is 23. The Morgan fingerprint density at radius 3 is 1.17 bits per heavy atom. The number of carbonyl (C=O) groups is 5. The zero-order chi connectivity index (χ0) is 58.0. The topological polar surface area (TPSA) is 391 Å². The lowest BCUT2D eigenvalue weighted by Gasteiger charge is -2.40. The minimum absolute atomic E-state index is 0.0795. The van der Waals surface area contributed by atoms with Crippen LogP contribution in [0.3, 0.4) is 0 Å². The third-order valence-corrected chi connectivity index (χ3v) is 16.3. The Labute approximate surface area is 457 Å². The number of ether oxygens (including phenoxy) is 6. The Hall–Kier alpha value is -2.34. The Bertz CT molecular complexity index is 1670. The minimum Gasteiger partial charge on any atom is -0.396 e. The highest BCUT2D eigenvalue weighted by molar-refractivity contribution is 7.47. The summed E-state index contributed by atoms with van der Waals surface area (Å²) < 4.78 is 56.3. The minimum atomic E-state index is -4.46. The molecule has 11 N–H and O–H groups in total. The molecule has 7 unspecified atom stereocenters. The first-order chi connectivity index (χ1) is 37.0. The maximum Gasteiger partial charge on any atom is 0.473 e. The van der Waals surface area contributed by atoms with Gasteiger partial charge in [-0.1, -0.05) is 20.8 Å². The second kappa shape index (κ2) is 36.3. The van der Waals surface area contributed by atoms with Crippen molar-refractivity contribution in [2.45, 2.75) is 166 Å². The average Bonchev–Trinajstić information content (AvgIpc) is 3.40. The van der Waals surface area contributed by atoms with Crippen LogP contribution in [0, 0.1) is 40.9 Å². The van der Waals surface area contributed by atoms with Gasteiger partial charge in [-0.25, -0.2) is 4.57 Å². The van der Waals surface area contributed by atoms with E-state index in [-0.39, 0.29) is 114 Å². The van der Waals surface area contributed by atoms with Crippen LogP contribution in [0.25, 0.3) is 0 Å². The summed E-state index contributed by atoms with van der Waals surface area (Å²) in [5.74, 6) is -5.24. The molecule has 78 heavy (non-hydrogen) atoms. The highest BCUT2D eigenvalue weighted by Crippen LogP contribution is 2.41. The largest absolute Gasteiger partial charge is 0.473 e. The number of Topliss-reactive ketones (excluding diaryl/α,β-unsaturated/α-hetero) is 4. The molecule has 0 saturated heterocycles. The van der Waals surface area contributed by atoms with Crippen molar-refractivity contribution in [3.63, 3.8) is 0 Å². The van der Waals surface area contributed by atoms with Gasteiger partial charge in [0, 0.05) is 113 Å². The van der Waals surface area contributed by atoms with Crippen molar-refractivity contribution >= 4 is 36.9 Å². The van der Waals surface area contributed by atoms with Crippen LogP contribution in [-0.4, -0.2) is 228 Å². The van der Waals surface area contributed by atoms with Crippen molar-refractivity contribution in [2.75, 3.05) is 93.1 Å². The molecule has 1 amide bonds. The van der Waals surface area contributed by atoms with Crippen molar-refractivity contribution in [3.8, 4) is 0 Å². The van der Waals surface area contributed by atoms with Crippen molar-refractivity contribution in [1.82, 2.24) is 5.32 Å². The molecular weight excluding hydrogens is 1050 g/mol. The maximum atomic E-state index is 13.6. The molecule has 3 fully saturated rings. The smallest absolute Gasteiger partial charge is 0.396 e. The van der Waals surface area contributed by atoms with Crippen LogP contribution in [0.2, 0.25) is 0 Å². The molecule has 0 aromatic heterocycles. The van der Waals surface area contributed by atoms with E-state index in [1.165, 1.54) is 0 Å². The number of aliphatic hydroxyl groups excluding tert-OH is 9. The first-order valence-corrected chi connectivity index (χ1v) is 28.9. The molecule has 3 aliphatic rings. The van der Waals surface area contributed by atoms with E-state index in [0.29, 0.717) is 57.8 Å². The van der Waals surface area contributed by atoms with Crippen LogP contribution in [-0.2, 0) is 66.0 Å². The number of hydrogen-bond donors (Lipinski definition) is 11. The fourth-order valence-corrected chi connectivity index (χ4v) is 10.5. The highest BCUT2D eigenvalue weighted by Gasteiger charge is 2.44. The number of rotatable bonds is 41. The van der Waals surface area contributed by atoms with Crippen LogP contribution in [0.5, 0.6) is 0 Å². The Kier molecular flexibility index (Phi) is 32.5. The number of nitrogens with one attached hydrogen (secondary N) is 1. The lowest BCUT2D eigenvalue weighted by atomic mass is 9.77. The Balaban J connectivity index is 1.65. The van der Waals surface area contributed by atoms with Gasteiger partial charge in [0.05, 0.1) is 81.2 Å². The second-order valence-electron chi connectivity index (χ2n) is 21.7. The van der Waals surface area contributed by atoms with Gasteiger partial charge < -0.3 is 84.6 Å². The number of amides is 1. The number of phosphoric ester groups is 1. The molecule has 3 rings (SSSR count). The maximum absolute atomic E-state index is 13.6. The van der Waals surface area contributed by atoms with Crippen LogP contribution in [0.1, 0.15) is 111 Å². The van der Waals surface area contributed by atoms with E-state index >= 15 is 0 Å². The van der Waals surface area contributed by atoms with Crippen LogP contribution in [0.4, 0.5) is 0 Å². The van der Waals surface area contributed by atoms with E-state index in [1.54, 1.807) is 20.8 Å². The van der Waals surface area contributed by atoms with E-state index < -0.39 is 137 Å². The van der Waals surface area contributed by atoms with Crippen molar-refractivity contribution in [2.24, 2.45) is 40.9 Å². The molecule has 0 aliphatic heterocycles. The fraction of sp³-hybridized carbons (Fsp3) is 0.904. The lowest BCUT2D eigenvalue weighted by Crippen LogP contribution is -2.50. The van der Waals surface area contributed by atoms with Crippen molar-refractivity contribution in [3.05, 3.63) is 0 Å². The van der Waals surface area contributed by atoms with Crippen LogP contribution >= 0.6 is 7.82 Å². The van der Waals surface area contributed by atoms with Gasteiger partial charge in [-0.05, 0) is 57.8 Å². The lowest BCUT2D eigenvalue weighted by molar-refractivity contribution is -0.144. The van der Waals surface area contributed by atoms with E-state index in [1.807, 2.05) is 0 Å². The second-order valence-corrected chi connectivity index (χ2v) is 23.2. The summed E-state index contributed by atoms with van der Waals surface area (Å²) in [4.78, 5) is 75.3. The number of unbranched alkanes of at least 4 members (excludes halogenated alkanes) is 3. The van der Waals surface area contributed by atoms with E-state index in [9.17, 15) is 79.4 Å². The summed E-state index contributed by atoms with van der Waals surface area (Å²) in [6.07, 6.45) is -4.91. The number of phosphoric acid groups is 1. The normalized spacial score (nSPS) is 31.0. The molecule has 0 aromatic rings. The standard InChI is InChI=1S/C52H92NO24P/c1-32-42(17-35(22-54)49(65)46(32)62)74-14-8-5-11-38(57)25-71-28-52(21-41(60)20-45(61)53-31-77-78(68,69)70-4,29-72-26-39(58)12-6-9-15-75-43-18-36(23-55)50(66)47(63)33(43)2)30-73-27-40(59)13-7-10-16-76-44-19-37(24-56)51(67)48(64)34(44)3/h32-37,42-44,46-51,54-56,62-67H,5-31H2,1-4H3,(H,53,61)(H,68,69)/t32?,33?,34?,35?,36?,37?,42-,43-,44-,46-,47-,48-,49+,50+,51+,52?/m1/s1. The van der Waals surface area contributed by atoms with Gasteiger partial charge in [0.2, 0.25) is 5.91 Å². The zero-order valence-corrected chi connectivity index (χ0v) is 46.8. The quantitative estimate of drug-likeness (QED) is 0.0162. The van der Waals surface area contributed by atoms with Crippen molar-refractivity contribution < 1.29 is 117 Å². The van der Waals surface area contributed by atoms with Crippen LogP contribution in [0.15, 0.2) is 0 Å². The monoisotopic (exact) mass is 1150 g/mol. The van der Waals surface area contributed by atoms with E-state index in [0.717, 1.165) is 7.11 Å². The van der Waals surface area contributed by atoms with Gasteiger partial charge in [-0.2, -0.15) is 0 Å². The fourth-order valence-electron chi connectivity index (χ4n) is 10.2. The molecule has 3 saturated carbocycles. The number of aliphatic hydroxyl groups is 9. The zero-order valence-electron chi connectivity index (χ0n) is 45.9. The summed E-state index contributed by atoms with van der Waals surface area (Å²) in [5.41, 5.74) is -1.48. The SMILES string of the molecule is COP(=O)(O)OCNC(=O)CC(=O)CC(COCC(=O)CCCCO[C@@H]1CC(CO)[C@H](O)[C@H](O)C1C)(COCC(=O)CCCCO[C@@H]1CC(CO)[C@H](O)[C@H](O)C1C)COCC(=O)CCCCO[C@@H]1CC(CO)[C@H](O)[C@H](O)C1C. The van der Waals surface area contributed by atoms with Gasteiger partial charge >= 0.3 is 7.82 Å². The molecule has 26 heteroatoms. The summed E-state index contributed by atoms with van der Waals surface area (Å²) in [6, 6.07) is 0. The predicted octanol–water partition coefficient (Wildman–Crippen LogP) is -0.307. The van der Waals surface area contributed by atoms with Crippen LogP contribution < -0.4 is 5.32 Å². The molecule has 0 bridgehead atoms. The highest BCUT2D eigenvalue weighted by atomic mass is 31.2. The van der Waals surface area contributed by atoms with Gasteiger partial charge in [0.25, 0.3) is 0 Å². The molecule has 0 aromatic carbocycles. The van der Waals surface area contributed by atoms with Gasteiger partial charge in [0.15, 0.2) is 17.3 Å². The molecule has 0 spiro atoms. The van der Waals surface area contributed by atoms with Gasteiger partial charge in [-0.3, -0.25) is 33.0 Å². The number of carbonyl (C=O) groups excluding carboxylic acids is 5. The first-order valence-electron chi connectivity index (χ1n) is 27.4. The third kappa shape index (κ3) is 23.9. The first kappa shape index (κ1) is 69.9. The Morgan fingerprint density at radius 2 is 0.859 bits per heavy atom. The van der Waals surface area contributed by atoms with E-state index in [2.05, 4.69) is 14.4 Å². The van der Waals surface area contributed by atoms with E-state index in [4.69, 9.17) is 28.4 Å². The predicted molar refractivity (Wildman–Crippen MR) is 275 cm³/mol. The molecule has 0 radical (unpaired) electrons.